The Labute approximate surface area is 168 Å². The molecular weight excluding hydrogens is 374 g/mol. The molecule has 0 aromatic heterocycles. The molecule has 1 heterocycles. The Morgan fingerprint density at radius 3 is 1.79 bits per heavy atom. The van der Waals surface area contributed by atoms with Gasteiger partial charge in [0.2, 0.25) is 0 Å². The first-order valence-electron chi connectivity index (χ1n) is 9.36. The molecule has 150 valence electrons. The minimum atomic E-state index is -1.48. The third-order valence-corrected chi connectivity index (χ3v) is 4.65. The Kier molecular flexibility index (Phi) is 6.07. The van der Waals surface area contributed by atoms with Crippen LogP contribution in [0.5, 0.6) is 0 Å². The van der Waals surface area contributed by atoms with E-state index < -0.39 is 35.7 Å². The van der Waals surface area contributed by atoms with Gasteiger partial charge in [-0.15, -0.1) is 0 Å². The number of fused-ring (bicyclic) bond motifs is 1. The van der Waals surface area contributed by atoms with Crippen LogP contribution in [0.15, 0.2) is 54.6 Å². The van der Waals surface area contributed by atoms with Crippen molar-refractivity contribution in [3.63, 3.8) is 0 Å². The molecule has 3 rings (SSSR count). The molecule has 0 bridgehead atoms. The zero-order valence-corrected chi connectivity index (χ0v) is 16.2. The Morgan fingerprint density at radius 1 is 0.793 bits per heavy atom. The molecule has 2 unspecified atom stereocenters. The van der Waals surface area contributed by atoms with Crippen LogP contribution in [0.1, 0.15) is 46.0 Å². The van der Waals surface area contributed by atoms with Gasteiger partial charge in [-0.05, 0) is 31.5 Å². The number of rotatable bonds is 7. The maximum Gasteiger partial charge on any atom is 0.330 e. The second-order valence-electron chi connectivity index (χ2n) is 6.36. The number of hydrogen-bond acceptors (Lipinski definition) is 6. The van der Waals surface area contributed by atoms with Crippen LogP contribution < -0.4 is 0 Å². The normalized spacial score (nSPS) is 14.9. The van der Waals surface area contributed by atoms with Gasteiger partial charge in [0.05, 0.1) is 24.3 Å². The first-order chi connectivity index (χ1) is 14.0. The topological polar surface area (TPSA) is 90.0 Å². The SMILES string of the molecule is CCOC(=O)C(c1ccccc1)C(C(=O)OCC)N1C(=O)c2ccccc2C1=O. The van der Waals surface area contributed by atoms with Gasteiger partial charge in [-0.1, -0.05) is 42.5 Å². The molecule has 1 aliphatic rings. The van der Waals surface area contributed by atoms with Gasteiger partial charge in [0.15, 0.2) is 6.04 Å². The second-order valence-corrected chi connectivity index (χ2v) is 6.36. The predicted molar refractivity (Wildman–Crippen MR) is 103 cm³/mol. The van der Waals surface area contributed by atoms with Gasteiger partial charge >= 0.3 is 11.9 Å². The summed E-state index contributed by atoms with van der Waals surface area (Å²) in [4.78, 5) is 52.6. The minimum absolute atomic E-state index is 0.0306. The molecule has 2 aromatic rings. The predicted octanol–water partition coefficient (Wildman–Crippen LogP) is 2.56. The van der Waals surface area contributed by atoms with E-state index in [9.17, 15) is 19.2 Å². The van der Waals surface area contributed by atoms with Gasteiger partial charge in [0, 0.05) is 0 Å². The van der Waals surface area contributed by atoms with E-state index in [1.807, 2.05) is 0 Å². The summed E-state index contributed by atoms with van der Waals surface area (Å²) in [5, 5.41) is 0. The van der Waals surface area contributed by atoms with E-state index in [-0.39, 0.29) is 24.3 Å². The van der Waals surface area contributed by atoms with Crippen LogP contribution in [-0.4, -0.2) is 47.9 Å². The van der Waals surface area contributed by atoms with E-state index >= 15 is 0 Å². The number of hydrogen-bond donors (Lipinski definition) is 0. The number of ether oxygens (including phenoxy) is 2. The average Bonchev–Trinajstić information content (AvgIpc) is 2.98. The highest BCUT2D eigenvalue weighted by Crippen LogP contribution is 2.33. The van der Waals surface area contributed by atoms with E-state index in [2.05, 4.69) is 0 Å². The van der Waals surface area contributed by atoms with Gasteiger partial charge in [-0.3, -0.25) is 19.3 Å². The van der Waals surface area contributed by atoms with Crippen molar-refractivity contribution < 1.29 is 28.7 Å². The molecule has 7 heteroatoms. The largest absolute Gasteiger partial charge is 0.465 e. The number of imide groups is 1. The molecule has 0 radical (unpaired) electrons. The maximum absolute atomic E-state index is 13.0. The van der Waals surface area contributed by atoms with Gasteiger partial charge in [0.25, 0.3) is 11.8 Å². The lowest BCUT2D eigenvalue weighted by Gasteiger charge is -2.30. The number of carbonyl (C=O) groups is 4. The zero-order chi connectivity index (χ0) is 21.0. The van der Waals surface area contributed by atoms with Gasteiger partial charge in [-0.25, -0.2) is 4.79 Å². The van der Waals surface area contributed by atoms with E-state index in [4.69, 9.17) is 9.47 Å². The molecule has 2 atom stereocenters. The zero-order valence-electron chi connectivity index (χ0n) is 16.2. The Hall–Kier alpha value is -3.48. The highest BCUT2D eigenvalue weighted by atomic mass is 16.5. The molecule has 2 aromatic carbocycles. The van der Waals surface area contributed by atoms with Crippen LogP contribution in [0.4, 0.5) is 0 Å². The van der Waals surface area contributed by atoms with Crippen molar-refractivity contribution in [2.24, 2.45) is 0 Å². The number of amides is 2. The van der Waals surface area contributed by atoms with E-state index in [1.54, 1.807) is 56.3 Å². The number of esters is 2. The summed E-state index contributed by atoms with van der Waals surface area (Å²) in [6.07, 6.45) is 0. The van der Waals surface area contributed by atoms with Gasteiger partial charge in [-0.2, -0.15) is 0 Å². The summed E-state index contributed by atoms with van der Waals surface area (Å²) >= 11 is 0. The molecule has 0 saturated carbocycles. The van der Waals surface area contributed by atoms with Crippen LogP contribution in [0.25, 0.3) is 0 Å². The summed E-state index contributed by atoms with van der Waals surface area (Å²) < 4.78 is 10.3. The van der Waals surface area contributed by atoms with Crippen molar-refractivity contribution in [2.75, 3.05) is 13.2 Å². The summed E-state index contributed by atoms with van der Waals surface area (Å²) in [5.41, 5.74) is 0.811. The molecule has 29 heavy (non-hydrogen) atoms. The fourth-order valence-corrected chi connectivity index (χ4v) is 3.42. The van der Waals surface area contributed by atoms with Crippen molar-refractivity contribution in [1.82, 2.24) is 4.90 Å². The first kappa shape index (κ1) is 20.3. The van der Waals surface area contributed by atoms with Crippen molar-refractivity contribution >= 4 is 23.8 Å². The van der Waals surface area contributed by atoms with Crippen LogP contribution in [0, 0.1) is 0 Å². The third kappa shape index (κ3) is 3.76. The Morgan fingerprint density at radius 2 is 1.28 bits per heavy atom. The average molecular weight is 395 g/mol. The lowest BCUT2D eigenvalue weighted by atomic mass is 9.90. The standard InChI is InChI=1S/C22H21NO6/c1-3-28-21(26)17(14-10-6-5-7-11-14)18(22(27)29-4-2)23-19(24)15-12-8-9-13-16(15)20(23)25/h5-13,17-18H,3-4H2,1-2H3. The van der Waals surface area contributed by atoms with Crippen molar-refractivity contribution in [3.05, 3.63) is 71.3 Å². The lowest BCUT2D eigenvalue weighted by molar-refractivity contribution is -0.156. The summed E-state index contributed by atoms with van der Waals surface area (Å²) in [5.74, 6) is -4.06. The first-order valence-corrected chi connectivity index (χ1v) is 9.36. The molecule has 0 N–H and O–H groups in total. The molecular formula is C22H21NO6. The van der Waals surface area contributed by atoms with Gasteiger partial charge < -0.3 is 9.47 Å². The van der Waals surface area contributed by atoms with E-state index in [0.29, 0.717) is 5.56 Å². The summed E-state index contributed by atoms with van der Waals surface area (Å²) in [6.45, 7) is 3.36. The molecule has 0 fully saturated rings. The van der Waals surface area contributed by atoms with Crippen LogP contribution >= 0.6 is 0 Å². The highest BCUT2D eigenvalue weighted by molar-refractivity contribution is 6.23. The smallest absolute Gasteiger partial charge is 0.330 e. The lowest BCUT2D eigenvalue weighted by Crippen LogP contribution is -2.51. The number of carbonyl (C=O) groups excluding carboxylic acids is 4. The fourth-order valence-electron chi connectivity index (χ4n) is 3.42. The van der Waals surface area contributed by atoms with Crippen molar-refractivity contribution in [3.8, 4) is 0 Å². The second kappa shape index (κ2) is 8.68. The maximum atomic E-state index is 13.0. The number of nitrogens with zero attached hydrogens (tertiary/aromatic N) is 1. The Balaban J connectivity index is 2.13. The molecule has 0 spiro atoms. The summed E-state index contributed by atoms with van der Waals surface area (Å²) in [7, 11) is 0. The van der Waals surface area contributed by atoms with Gasteiger partial charge in [0.1, 0.15) is 5.92 Å². The summed E-state index contributed by atoms with van der Waals surface area (Å²) in [6, 6.07) is 13.3. The molecule has 7 nitrogen and oxygen atoms in total. The third-order valence-electron chi connectivity index (χ3n) is 4.65. The van der Waals surface area contributed by atoms with E-state index in [0.717, 1.165) is 4.90 Å². The minimum Gasteiger partial charge on any atom is -0.465 e. The fraction of sp³-hybridized carbons (Fsp3) is 0.273. The Bertz CT molecular complexity index is 904. The van der Waals surface area contributed by atoms with E-state index in [1.165, 1.54) is 12.1 Å². The van der Waals surface area contributed by atoms with Crippen molar-refractivity contribution in [2.45, 2.75) is 25.8 Å². The van der Waals surface area contributed by atoms with Crippen molar-refractivity contribution in [1.29, 1.82) is 0 Å². The molecule has 0 aliphatic carbocycles. The highest BCUT2D eigenvalue weighted by Gasteiger charge is 2.49. The molecule has 1 aliphatic heterocycles. The van der Waals surface area contributed by atoms with Crippen LogP contribution in [-0.2, 0) is 19.1 Å². The molecule has 2 amide bonds. The quantitative estimate of drug-likeness (QED) is 0.529. The number of benzene rings is 2. The van der Waals surface area contributed by atoms with Crippen LogP contribution in [0.2, 0.25) is 0 Å². The van der Waals surface area contributed by atoms with Crippen LogP contribution in [0.3, 0.4) is 0 Å². The molecule has 0 saturated heterocycles. The monoisotopic (exact) mass is 395 g/mol.